The van der Waals surface area contributed by atoms with Gasteiger partial charge in [-0.1, -0.05) is 0 Å². The standard InChI is InChI=1S/C14H17N3O2/c1-18-13-7-12-10(8-16-9-17-12)6-14(13)19-11-2-4-15-5-3-11/h6-9,11,15H,2-5H2,1H3/i8D. The van der Waals surface area contributed by atoms with Gasteiger partial charge in [-0.2, -0.15) is 0 Å². The fourth-order valence-electron chi connectivity index (χ4n) is 2.28. The molecule has 1 aliphatic heterocycles. The molecule has 100 valence electrons. The minimum atomic E-state index is 0.182. The molecule has 0 radical (unpaired) electrons. The van der Waals surface area contributed by atoms with E-state index in [1.807, 2.05) is 0 Å². The lowest BCUT2D eigenvalue weighted by Gasteiger charge is -2.24. The van der Waals surface area contributed by atoms with Crippen molar-refractivity contribution >= 4 is 10.9 Å². The average molecular weight is 260 g/mol. The van der Waals surface area contributed by atoms with Gasteiger partial charge in [-0.25, -0.2) is 9.97 Å². The number of nitrogens with zero attached hydrogens (tertiary/aromatic N) is 2. The molecule has 0 atom stereocenters. The summed E-state index contributed by atoms with van der Waals surface area (Å²) in [5.74, 6) is 1.31. The van der Waals surface area contributed by atoms with Crippen LogP contribution < -0.4 is 14.8 Å². The Morgan fingerprint density at radius 2 is 2.16 bits per heavy atom. The zero-order chi connectivity index (χ0) is 13.9. The molecule has 1 aromatic heterocycles. The number of rotatable bonds is 3. The quantitative estimate of drug-likeness (QED) is 0.911. The van der Waals surface area contributed by atoms with Crippen LogP contribution in [-0.2, 0) is 0 Å². The van der Waals surface area contributed by atoms with Gasteiger partial charge in [-0.3, -0.25) is 0 Å². The summed E-state index contributed by atoms with van der Waals surface area (Å²) >= 11 is 0. The largest absolute Gasteiger partial charge is 0.493 e. The van der Waals surface area contributed by atoms with E-state index in [1.54, 1.807) is 19.2 Å². The van der Waals surface area contributed by atoms with Gasteiger partial charge in [-0.05, 0) is 32.0 Å². The van der Waals surface area contributed by atoms with E-state index in [-0.39, 0.29) is 12.3 Å². The number of ether oxygens (including phenoxy) is 2. The lowest BCUT2D eigenvalue weighted by molar-refractivity contribution is 0.157. The molecule has 1 fully saturated rings. The summed E-state index contributed by atoms with van der Waals surface area (Å²) in [7, 11) is 1.61. The van der Waals surface area contributed by atoms with Crippen molar-refractivity contribution in [1.29, 1.82) is 0 Å². The molecule has 2 heterocycles. The second-order valence-corrected chi connectivity index (χ2v) is 4.57. The van der Waals surface area contributed by atoms with E-state index in [4.69, 9.17) is 10.8 Å². The van der Waals surface area contributed by atoms with Gasteiger partial charge >= 0.3 is 0 Å². The monoisotopic (exact) mass is 260 g/mol. The van der Waals surface area contributed by atoms with E-state index < -0.39 is 0 Å². The summed E-state index contributed by atoms with van der Waals surface area (Å²) in [6.45, 7) is 1.93. The molecule has 3 rings (SSSR count). The summed E-state index contributed by atoms with van der Waals surface area (Å²) in [5.41, 5.74) is 0.694. The molecular formula is C14H17N3O2. The number of aromatic nitrogens is 2. The maximum Gasteiger partial charge on any atom is 0.162 e. The first kappa shape index (κ1) is 11.0. The van der Waals surface area contributed by atoms with E-state index in [9.17, 15) is 0 Å². The van der Waals surface area contributed by atoms with Gasteiger partial charge in [0.1, 0.15) is 12.4 Å². The molecule has 2 aromatic rings. The van der Waals surface area contributed by atoms with Crippen LogP contribution in [0, 0.1) is 0 Å². The average Bonchev–Trinajstić information content (AvgIpc) is 2.48. The highest BCUT2D eigenvalue weighted by Gasteiger charge is 2.17. The van der Waals surface area contributed by atoms with E-state index in [0.717, 1.165) is 25.9 Å². The van der Waals surface area contributed by atoms with Crippen LogP contribution in [-0.4, -0.2) is 36.3 Å². The summed E-state index contributed by atoms with van der Waals surface area (Å²) in [6.07, 6.45) is 3.71. The molecule has 0 aliphatic carbocycles. The van der Waals surface area contributed by atoms with Crippen LogP contribution in [0.5, 0.6) is 11.5 Å². The van der Waals surface area contributed by atoms with Crippen molar-refractivity contribution in [2.24, 2.45) is 0 Å². The third-order valence-electron chi connectivity index (χ3n) is 3.30. The maximum absolute atomic E-state index is 7.85. The molecule has 19 heavy (non-hydrogen) atoms. The van der Waals surface area contributed by atoms with Gasteiger partial charge in [0.05, 0.1) is 14.0 Å². The SMILES string of the molecule is [2H]c1ncnc2cc(OC)c(OC3CCNCC3)cc12. The third kappa shape index (κ3) is 2.61. The van der Waals surface area contributed by atoms with Crippen molar-refractivity contribution in [1.82, 2.24) is 15.3 Å². The number of hydrogen-bond donors (Lipinski definition) is 1. The van der Waals surface area contributed by atoms with Crippen molar-refractivity contribution in [2.45, 2.75) is 18.9 Å². The maximum atomic E-state index is 7.85. The second-order valence-electron chi connectivity index (χ2n) is 4.57. The Morgan fingerprint density at radius 3 is 2.95 bits per heavy atom. The van der Waals surface area contributed by atoms with Crippen LogP contribution in [0.4, 0.5) is 0 Å². The van der Waals surface area contributed by atoms with Gasteiger partial charge < -0.3 is 14.8 Å². The predicted octanol–water partition coefficient (Wildman–Crippen LogP) is 1.77. The predicted molar refractivity (Wildman–Crippen MR) is 72.6 cm³/mol. The topological polar surface area (TPSA) is 56.3 Å². The van der Waals surface area contributed by atoms with Gasteiger partial charge in [0.2, 0.25) is 0 Å². The second kappa shape index (κ2) is 5.40. The van der Waals surface area contributed by atoms with Crippen molar-refractivity contribution in [3.05, 3.63) is 24.6 Å². The highest BCUT2D eigenvalue weighted by atomic mass is 16.5. The van der Waals surface area contributed by atoms with Crippen LogP contribution in [0.3, 0.4) is 0 Å². The minimum absolute atomic E-state index is 0.182. The van der Waals surface area contributed by atoms with E-state index in [1.165, 1.54) is 6.33 Å². The molecule has 0 unspecified atom stereocenters. The fraction of sp³-hybridized carbons (Fsp3) is 0.429. The van der Waals surface area contributed by atoms with Crippen molar-refractivity contribution in [2.75, 3.05) is 20.2 Å². The molecular weight excluding hydrogens is 242 g/mol. The minimum Gasteiger partial charge on any atom is -0.493 e. The van der Waals surface area contributed by atoms with Gasteiger partial charge in [-0.15, -0.1) is 0 Å². The van der Waals surface area contributed by atoms with Crippen molar-refractivity contribution in [3.8, 4) is 11.5 Å². The van der Waals surface area contributed by atoms with Gasteiger partial charge in [0, 0.05) is 17.6 Å². The summed E-state index contributed by atoms with van der Waals surface area (Å²) in [4.78, 5) is 8.06. The number of methoxy groups -OCH3 is 1. The summed E-state index contributed by atoms with van der Waals surface area (Å²) < 4.78 is 19.3. The van der Waals surface area contributed by atoms with Crippen molar-refractivity contribution < 1.29 is 10.8 Å². The van der Waals surface area contributed by atoms with Crippen molar-refractivity contribution in [3.63, 3.8) is 0 Å². The Kier molecular flexibility index (Phi) is 3.12. The first-order chi connectivity index (χ1) is 9.78. The van der Waals surface area contributed by atoms with Gasteiger partial charge in [0.15, 0.2) is 11.5 Å². The molecule has 0 saturated carbocycles. The van der Waals surface area contributed by atoms with E-state index in [2.05, 4.69) is 15.3 Å². The Bertz CT molecular complexity index is 615. The molecule has 0 amide bonds. The molecule has 1 N–H and O–H groups in total. The highest BCUT2D eigenvalue weighted by molar-refractivity contribution is 5.81. The summed E-state index contributed by atoms with van der Waals surface area (Å²) in [6, 6.07) is 3.60. The Morgan fingerprint density at radius 1 is 1.32 bits per heavy atom. The molecule has 5 nitrogen and oxygen atoms in total. The number of nitrogens with one attached hydrogen (secondary N) is 1. The Balaban J connectivity index is 1.97. The zero-order valence-electron chi connectivity index (χ0n) is 11.8. The fourth-order valence-corrected chi connectivity index (χ4v) is 2.28. The zero-order valence-corrected chi connectivity index (χ0v) is 10.8. The van der Waals surface area contributed by atoms with Crippen LogP contribution in [0.2, 0.25) is 0 Å². The van der Waals surface area contributed by atoms with Gasteiger partial charge in [0.25, 0.3) is 0 Å². The van der Waals surface area contributed by atoms with Crippen LogP contribution >= 0.6 is 0 Å². The van der Waals surface area contributed by atoms with Crippen LogP contribution in [0.15, 0.2) is 24.6 Å². The molecule has 1 aromatic carbocycles. The highest BCUT2D eigenvalue weighted by Crippen LogP contribution is 2.32. The Labute approximate surface area is 113 Å². The smallest absolute Gasteiger partial charge is 0.162 e. The van der Waals surface area contributed by atoms with Crippen LogP contribution in [0.25, 0.3) is 10.9 Å². The summed E-state index contributed by atoms with van der Waals surface area (Å²) in [5, 5.41) is 3.98. The lowest BCUT2D eigenvalue weighted by Crippen LogP contribution is -2.34. The number of hydrogen-bond acceptors (Lipinski definition) is 5. The first-order valence-corrected chi connectivity index (χ1v) is 6.44. The number of benzene rings is 1. The Hall–Kier alpha value is -1.88. The van der Waals surface area contributed by atoms with E-state index in [0.29, 0.717) is 22.4 Å². The third-order valence-corrected chi connectivity index (χ3v) is 3.30. The normalized spacial score (nSPS) is 17.2. The molecule has 1 saturated heterocycles. The van der Waals surface area contributed by atoms with E-state index >= 15 is 0 Å². The number of fused-ring (bicyclic) bond motifs is 1. The van der Waals surface area contributed by atoms with Crippen LogP contribution in [0.1, 0.15) is 14.2 Å². The molecule has 5 heteroatoms. The molecule has 0 bridgehead atoms. The first-order valence-electron chi connectivity index (χ1n) is 6.94. The molecule has 1 aliphatic rings. The molecule has 0 spiro atoms. The number of piperidine rings is 1. The lowest BCUT2D eigenvalue weighted by atomic mass is 10.1.